The highest BCUT2D eigenvalue weighted by atomic mass is 32.1. The van der Waals surface area contributed by atoms with E-state index in [4.69, 9.17) is 0 Å². The van der Waals surface area contributed by atoms with Crippen LogP contribution in [0.15, 0.2) is 41.8 Å². The fraction of sp³-hybridized carbons (Fsp3) is 0. The third-order valence-corrected chi connectivity index (χ3v) is 4.21. The Morgan fingerprint density at radius 1 is 1.12 bits per heavy atom. The molecule has 2 heterocycles. The van der Waals surface area contributed by atoms with E-state index in [9.17, 15) is 4.79 Å². The standard InChI is InChI=1S/C12H7NOS2/c14-10(8-4-2-1-3-5-8)12-13-11-9(16-12)6-7-15-11/h1-7H. The molecule has 3 rings (SSSR count). The van der Waals surface area contributed by atoms with E-state index in [0.29, 0.717) is 10.6 Å². The maximum absolute atomic E-state index is 12.1. The van der Waals surface area contributed by atoms with E-state index >= 15 is 0 Å². The third kappa shape index (κ3) is 1.56. The van der Waals surface area contributed by atoms with E-state index in [-0.39, 0.29) is 5.78 Å². The number of hydrogen-bond donors (Lipinski definition) is 0. The molecule has 4 heteroatoms. The van der Waals surface area contributed by atoms with Crippen LogP contribution in [0.25, 0.3) is 9.53 Å². The van der Waals surface area contributed by atoms with Crippen molar-refractivity contribution < 1.29 is 4.79 Å². The zero-order chi connectivity index (χ0) is 11.0. The van der Waals surface area contributed by atoms with Gasteiger partial charge in [0, 0.05) is 5.56 Å². The van der Waals surface area contributed by atoms with Crippen LogP contribution in [0.5, 0.6) is 0 Å². The first-order chi connectivity index (χ1) is 7.84. The molecule has 0 amide bonds. The number of thiophene rings is 1. The van der Waals surface area contributed by atoms with Gasteiger partial charge in [-0.25, -0.2) is 4.98 Å². The Morgan fingerprint density at radius 2 is 1.94 bits per heavy atom. The normalized spacial score (nSPS) is 10.8. The zero-order valence-corrected chi connectivity index (χ0v) is 9.85. The zero-order valence-electron chi connectivity index (χ0n) is 8.21. The minimum Gasteiger partial charge on any atom is -0.286 e. The van der Waals surface area contributed by atoms with Crippen molar-refractivity contribution in [2.45, 2.75) is 0 Å². The summed E-state index contributed by atoms with van der Waals surface area (Å²) in [5.41, 5.74) is 0.698. The minimum absolute atomic E-state index is 0.00833. The molecule has 0 radical (unpaired) electrons. The quantitative estimate of drug-likeness (QED) is 0.646. The van der Waals surface area contributed by atoms with Crippen molar-refractivity contribution in [3.8, 4) is 0 Å². The van der Waals surface area contributed by atoms with E-state index in [0.717, 1.165) is 9.53 Å². The lowest BCUT2D eigenvalue weighted by molar-refractivity contribution is 0.103. The highest BCUT2D eigenvalue weighted by Gasteiger charge is 2.14. The molecular formula is C12H7NOS2. The molecule has 0 aliphatic heterocycles. The van der Waals surface area contributed by atoms with Crippen LogP contribution >= 0.6 is 22.7 Å². The molecule has 0 fully saturated rings. The van der Waals surface area contributed by atoms with Crippen molar-refractivity contribution in [3.05, 3.63) is 52.3 Å². The molecule has 2 aromatic heterocycles. The summed E-state index contributed by atoms with van der Waals surface area (Å²) in [5, 5.41) is 2.57. The number of rotatable bonds is 2. The average molecular weight is 245 g/mol. The summed E-state index contributed by atoms with van der Waals surface area (Å²) >= 11 is 3.02. The van der Waals surface area contributed by atoms with Gasteiger partial charge in [-0.05, 0) is 11.4 Å². The van der Waals surface area contributed by atoms with Crippen LogP contribution in [0, 0.1) is 0 Å². The SMILES string of the molecule is O=C(c1ccccc1)c1nc2sccc2s1. The summed E-state index contributed by atoms with van der Waals surface area (Å²) in [4.78, 5) is 17.4. The monoisotopic (exact) mass is 245 g/mol. The van der Waals surface area contributed by atoms with Gasteiger partial charge in [-0.2, -0.15) is 0 Å². The van der Waals surface area contributed by atoms with Gasteiger partial charge in [0.2, 0.25) is 5.78 Å². The molecule has 2 nitrogen and oxygen atoms in total. The topological polar surface area (TPSA) is 30.0 Å². The lowest BCUT2D eigenvalue weighted by atomic mass is 10.1. The van der Waals surface area contributed by atoms with Gasteiger partial charge in [-0.15, -0.1) is 22.7 Å². The molecule has 0 aliphatic rings. The van der Waals surface area contributed by atoms with Gasteiger partial charge in [0.05, 0.1) is 4.70 Å². The number of benzene rings is 1. The van der Waals surface area contributed by atoms with Crippen molar-refractivity contribution in [1.29, 1.82) is 0 Å². The van der Waals surface area contributed by atoms with Crippen molar-refractivity contribution in [1.82, 2.24) is 4.98 Å². The fourth-order valence-corrected chi connectivity index (χ4v) is 3.38. The van der Waals surface area contributed by atoms with Gasteiger partial charge in [-0.1, -0.05) is 30.3 Å². The molecule has 0 unspecified atom stereocenters. The Balaban J connectivity index is 2.05. The van der Waals surface area contributed by atoms with E-state index in [1.807, 2.05) is 41.8 Å². The third-order valence-electron chi connectivity index (χ3n) is 2.25. The van der Waals surface area contributed by atoms with Crippen LogP contribution in [-0.4, -0.2) is 10.8 Å². The summed E-state index contributed by atoms with van der Waals surface area (Å²) in [6, 6.07) is 11.3. The van der Waals surface area contributed by atoms with E-state index in [1.54, 1.807) is 11.3 Å². The lowest BCUT2D eigenvalue weighted by Gasteiger charge is -1.94. The molecule has 0 saturated carbocycles. The number of aromatic nitrogens is 1. The number of thiazole rings is 1. The maximum atomic E-state index is 12.1. The summed E-state index contributed by atoms with van der Waals surface area (Å²) in [7, 11) is 0. The highest BCUT2D eigenvalue weighted by Crippen LogP contribution is 2.27. The number of nitrogens with zero attached hydrogens (tertiary/aromatic N) is 1. The number of carbonyl (C=O) groups excluding carboxylic acids is 1. The van der Waals surface area contributed by atoms with Gasteiger partial charge < -0.3 is 0 Å². The Labute approximate surface area is 100 Å². The van der Waals surface area contributed by atoms with Crippen molar-refractivity contribution in [3.63, 3.8) is 0 Å². The first-order valence-corrected chi connectivity index (χ1v) is 6.48. The van der Waals surface area contributed by atoms with Crippen LogP contribution in [-0.2, 0) is 0 Å². The number of ketones is 1. The van der Waals surface area contributed by atoms with Gasteiger partial charge in [-0.3, -0.25) is 4.79 Å². The second kappa shape index (κ2) is 3.81. The molecule has 16 heavy (non-hydrogen) atoms. The van der Waals surface area contributed by atoms with Crippen molar-refractivity contribution >= 4 is 38.0 Å². The van der Waals surface area contributed by atoms with E-state index < -0.39 is 0 Å². The predicted molar refractivity (Wildman–Crippen MR) is 67.4 cm³/mol. The molecular weight excluding hydrogens is 238 g/mol. The second-order valence-corrected chi connectivity index (χ2v) is 5.23. The lowest BCUT2D eigenvalue weighted by Crippen LogP contribution is -1.99. The Hall–Kier alpha value is -1.52. The fourth-order valence-electron chi connectivity index (χ4n) is 1.48. The van der Waals surface area contributed by atoms with Crippen molar-refractivity contribution in [2.75, 3.05) is 0 Å². The van der Waals surface area contributed by atoms with Gasteiger partial charge in [0.1, 0.15) is 4.83 Å². The molecule has 0 atom stereocenters. The maximum Gasteiger partial charge on any atom is 0.221 e. The van der Waals surface area contributed by atoms with E-state index in [2.05, 4.69) is 4.98 Å². The molecule has 1 aromatic carbocycles. The summed E-state index contributed by atoms with van der Waals surface area (Å²) in [6.07, 6.45) is 0. The molecule has 78 valence electrons. The van der Waals surface area contributed by atoms with Crippen molar-refractivity contribution in [2.24, 2.45) is 0 Å². The molecule has 0 bridgehead atoms. The van der Waals surface area contributed by atoms with Crippen LogP contribution in [0.4, 0.5) is 0 Å². The molecule has 0 aliphatic carbocycles. The van der Waals surface area contributed by atoms with Crippen LogP contribution < -0.4 is 0 Å². The first kappa shape index (κ1) is 9.69. The Morgan fingerprint density at radius 3 is 2.69 bits per heavy atom. The molecule has 0 N–H and O–H groups in total. The van der Waals surface area contributed by atoms with Crippen LogP contribution in [0.1, 0.15) is 15.4 Å². The predicted octanol–water partition coefficient (Wildman–Crippen LogP) is 3.59. The van der Waals surface area contributed by atoms with Crippen LogP contribution in [0.2, 0.25) is 0 Å². The summed E-state index contributed by atoms with van der Waals surface area (Å²) < 4.78 is 1.09. The molecule has 0 saturated heterocycles. The second-order valence-electron chi connectivity index (χ2n) is 3.30. The van der Waals surface area contributed by atoms with Gasteiger partial charge in [0.15, 0.2) is 5.01 Å². The Bertz CT molecular complexity index is 611. The minimum atomic E-state index is 0.00833. The molecule has 0 spiro atoms. The summed E-state index contributed by atoms with van der Waals surface area (Å²) in [5.74, 6) is 0.00833. The largest absolute Gasteiger partial charge is 0.286 e. The smallest absolute Gasteiger partial charge is 0.221 e. The van der Waals surface area contributed by atoms with Gasteiger partial charge >= 0.3 is 0 Å². The number of carbonyl (C=O) groups is 1. The first-order valence-electron chi connectivity index (χ1n) is 4.78. The highest BCUT2D eigenvalue weighted by molar-refractivity contribution is 7.27. The number of fused-ring (bicyclic) bond motifs is 1. The average Bonchev–Trinajstić information content (AvgIpc) is 2.89. The number of hydrogen-bond acceptors (Lipinski definition) is 4. The van der Waals surface area contributed by atoms with Crippen LogP contribution in [0.3, 0.4) is 0 Å². The van der Waals surface area contributed by atoms with E-state index in [1.165, 1.54) is 11.3 Å². The van der Waals surface area contributed by atoms with Gasteiger partial charge in [0.25, 0.3) is 0 Å². The Kier molecular flexibility index (Phi) is 2.31. The molecule has 3 aromatic rings. The summed E-state index contributed by atoms with van der Waals surface area (Å²) in [6.45, 7) is 0.